The number of likely N-dealkylation sites (tertiary alicyclic amines) is 1. The zero-order chi connectivity index (χ0) is 15.7. The number of aromatic amines is 1. The lowest BCUT2D eigenvalue weighted by atomic mass is 10.1. The van der Waals surface area contributed by atoms with E-state index in [1.54, 1.807) is 19.3 Å². The van der Waals surface area contributed by atoms with Crippen molar-refractivity contribution in [3.63, 3.8) is 0 Å². The maximum absolute atomic E-state index is 12.4. The Morgan fingerprint density at radius 2 is 1.91 bits per heavy atom. The predicted octanol–water partition coefficient (Wildman–Crippen LogP) is -0.554. The minimum absolute atomic E-state index is 0.0273. The van der Waals surface area contributed by atoms with Gasteiger partial charge < -0.3 is 20.1 Å². The second kappa shape index (κ2) is 6.10. The van der Waals surface area contributed by atoms with Crippen molar-refractivity contribution >= 4 is 11.8 Å². The molecule has 2 N–H and O–H groups in total. The first-order valence-corrected chi connectivity index (χ1v) is 7.71. The van der Waals surface area contributed by atoms with E-state index in [4.69, 9.17) is 0 Å². The van der Waals surface area contributed by atoms with E-state index in [-0.39, 0.29) is 11.8 Å². The molecule has 0 unspecified atom stereocenters. The van der Waals surface area contributed by atoms with Crippen LogP contribution in [0.1, 0.15) is 20.8 Å². The number of rotatable bonds is 3. The van der Waals surface area contributed by atoms with Gasteiger partial charge in [0.05, 0.1) is 5.56 Å². The molecule has 120 valence electrons. The largest absolute Gasteiger partial charge is 0.356 e. The number of aromatic nitrogens is 1. The van der Waals surface area contributed by atoms with Crippen LogP contribution >= 0.6 is 0 Å². The average Bonchev–Trinajstić information content (AvgIpc) is 2.96. The highest BCUT2D eigenvalue weighted by molar-refractivity contribution is 5.99. The molecule has 7 heteroatoms. The van der Waals surface area contributed by atoms with Crippen LogP contribution in [0.15, 0.2) is 12.3 Å². The Balaban J connectivity index is 1.53. The van der Waals surface area contributed by atoms with Gasteiger partial charge in [-0.05, 0) is 13.1 Å². The molecule has 0 bridgehead atoms. The molecule has 1 aromatic heterocycles. The Morgan fingerprint density at radius 1 is 1.23 bits per heavy atom. The molecule has 22 heavy (non-hydrogen) atoms. The number of amides is 2. The van der Waals surface area contributed by atoms with Gasteiger partial charge in [-0.15, -0.1) is 0 Å². The summed E-state index contributed by atoms with van der Waals surface area (Å²) in [6.45, 7) is 5.89. The lowest BCUT2D eigenvalue weighted by Crippen LogP contribution is -2.64. The number of nitrogens with zero attached hydrogens (tertiary/aromatic N) is 3. The molecule has 0 spiro atoms. The van der Waals surface area contributed by atoms with Crippen molar-refractivity contribution < 1.29 is 9.59 Å². The number of piperazine rings is 1. The molecule has 0 aliphatic carbocycles. The van der Waals surface area contributed by atoms with Crippen LogP contribution in [0.3, 0.4) is 0 Å². The van der Waals surface area contributed by atoms with E-state index < -0.39 is 0 Å². The van der Waals surface area contributed by atoms with E-state index >= 15 is 0 Å². The van der Waals surface area contributed by atoms with Crippen molar-refractivity contribution in [3.8, 4) is 0 Å². The van der Waals surface area contributed by atoms with E-state index in [0.717, 1.165) is 39.3 Å². The molecule has 0 radical (unpaired) electrons. The van der Waals surface area contributed by atoms with E-state index in [1.807, 2.05) is 4.90 Å². The van der Waals surface area contributed by atoms with Crippen molar-refractivity contribution in [3.05, 3.63) is 23.5 Å². The van der Waals surface area contributed by atoms with Crippen LogP contribution < -0.4 is 5.32 Å². The Bertz CT molecular complexity index is 556. The Hall–Kier alpha value is -1.86. The summed E-state index contributed by atoms with van der Waals surface area (Å²) in [6, 6.07) is 2.09. The monoisotopic (exact) mass is 305 g/mol. The maximum Gasteiger partial charge on any atom is 0.270 e. The molecular weight excluding hydrogens is 282 g/mol. The van der Waals surface area contributed by atoms with Gasteiger partial charge in [0.25, 0.3) is 11.8 Å². The van der Waals surface area contributed by atoms with Gasteiger partial charge in [-0.3, -0.25) is 14.5 Å². The molecule has 7 nitrogen and oxygen atoms in total. The fourth-order valence-corrected chi connectivity index (χ4v) is 3.00. The van der Waals surface area contributed by atoms with Gasteiger partial charge in [0.2, 0.25) is 0 Å². The van der Waals surface area contributed by atoms with E-state index in [1.165, 1.54) is 0 Å². The van der Waals surface area contributed by atoms with Crippen LogP contribution in [0.4, 0.5) is 0 Å². The van der Waals surface area contributed by atoms with Crippen molar-refractivity contribution in [1.29, 1.82) is 0 Å². The highest BCUT2D eigenvalue weighted by Gasteiger charge is 2.36. The SMILES string of the molecule is CNC(=O)c1c[nH]c(C(=O)N2CC(N3CCN(C)CC3)C2)c1. The summed E-state index contributed by atoms with van der Waals surface area (Å²) >= 11 is 0. The van der Waals surface area contributed by atoms with E-state index in [0.29, 0.717) is 17.3 Å². The van der Waals surface area contributed by atoms with Crippen molar-refractivity contribution in [1.82, 2.24) is 25.0 Å². The van der Waals surface area contributed by atoms with Crippen LogP contribution in [0.25, 0.3) is 0 Å². The number of H-pyrrole nitrogens is 1. The fraction of sp³-hybridized carbons (Fsp3) is 0.600. The highest BCUT2D eigenvalue weighted by atomic mass is 16.2. The number of carbonyl (C=O) groups is 2. The summed E-state index contributed by atoms with van der Waals surface area (Å²) in [5, 5.41) is 2.55. The number of likely N-dealkylation sites (N-methyl/N-ethyl adjacent to an activating group) is 1. The highest BCUT2D eigenvalue weighted by Crippen LogP contribution is 2.19. The molecule has 3 heterocycles. The predicted molar refractivity (Wildman–Crippen MR) is 82.9 cm³/mol. The van der Waals surface area contributed by atoms with Crippen LogP contribution in [-0.4, -0.2) is 90.9 Å². The first-order valence-electron chi connectivity index (χ1n) is 7.71. The van der Waals surface area contributed by atoms with E-state index in [9.17, 15) is 9.59 Å². The molecular formula is C15H23N5O2. The third-order valence-corrected chi connectivity index (χ3v) is 4.61. The molecule has 2 amide bonds. The Morgan fingerprint density at radius 3 is 2.55 bits per heavy atom. The van der Waals surface area contributed by atoms with Gasteiger partial charge >= 0.3 is 0 Å². The van der Waals surface area contributed by atoms with Crippen LogP contribution in [-0.2, 0) is 0 Å². The van der Waals surface area contributed by atoms with Crippen LogP contribution in [0.5, 0.6) is 0 Å². The third kappa shape index (κ3) is 2.86. The summed E-state index contributed by atoms with van der Waals surface area (Å²) in [5.74, 6) is -0.213. The number of carbonyl (C=O) groups excluding carboxylic acids is 2. The van der Waals surface area contributed by atoms with Gasteiger partial charge in [0.15, 0.2) is 0 Å². The first kappa shape index (κ1) is 15.1. The average molecular weight is 305 g/mol. The molecule has 0 saturated carbocycles. The quantitative estimate of drug-likeness (QED) is 0.786. The lowest BCUT2D eigenvalue weighted by molar-refractivity contribution is 0.0107. The van der Waals surface area contributed by atoms with Crippen LogP contribution in [0.2, 0.25) is 0 Å². The van der Waals surface area contributed by atoms with Gasteiger partial charge in [-0.2, -0.15) is 0 Å². The van der Waals surface area contributed by atoms with Crippen molar-refractivity contribution in [2.45, 2.75) is 6.04 Å². The second-order valence-corrected chi connectivity index (χ2v) is 6.08. The zero-order valence-corrected chi connectivity index (χ0v) is 13.1. The summed E-state index contributed by atoms with van der Waals surface area (Å²) in [5.41, 5.74) is 0.970. The standard InChI is InChI=1S/C15H23N5O2/c1-16-14(21)11-7-13(17-8-11)15(22)20-9-12(10-20)19-5-3-18(2)4-6-19/h7-8,12,17H,3-6,9-10H2,1-2H3,(H,16,21). The topological polar surface area (TPSA) is 71.7 Å². The Kier molecular flexibility index (Phi) is 4.17. The summed E-state index contributed by atoms with van der Waals surface area (Å²) < 4.78 is 0. The number of nitrogens with one attached hydrogen (secondary N) is 2. The summed E-state index contributed by atoms with van der Waals surface area (Å²) in [6.07, 6.45) is 1.57. The number of hydrogen-bond acceptors (Lipinski definition) is 4. The molecule has 2 aliphatic heterocycles. The Labute approximate surface area is 130 Å². The van der Waals surface area contributed by atoms with Crippen molar-refractivity contribution in [2.24, 2.45) is 0 Å². The molecule has 2 saturated heterocycles. The zero-order valence-electron chi connectivity index (χ0n) is 13.1. The smallest absolute Gasteiger partial charge is 0.270 e. The third-order valence-electron chi connectivity index (χ3n) is 4.61. The van der Waals surface area contributed by atoms with Crippen molar-refractivity contribution in [2.75, 3.05) is 53.4 Å². The maximum atomic E-state index is 12.4. The summed E-state index contributed by atoms with van der Waals surface area (Å²) in [7, 11) is 3.72. The van der Waals surface area contributed by atoms with E-state index in [2.05, 4.69) is 27.1 Å². The van der Waals surface area contributed by atoms with Gasteiger partial charge in [0, 0.05) is 58.6 Å². The first-order chi connectivity index (χ1) is 10.6. The van der Waals surface area contributed by atoms with Gasteiger partial charge in [0.1, 0.15) is 5.69 Å². The molecule has 0 atom stereocenters. The van der Waals surface area contributed by atoms with Gasteiger partial charge in [-0.1, -0.05) is 0 Å². The fourth-order valence-electron chi connectivity index (χ4n) is 3.00. The van der Waals surface area contributed by atoms with Gasteiger partial charge in [-0.25, -0.2) is 0 Å². The molecule has 2 aliphatic rings. The molecule has 1 aromatic rings. The molecule has 0 aromatic carbocycles. The van der Waals surface area contributed by atoms with Crippen LogP contribution in [0, 0.1) is 0 Å². The molecule has 2 fully saturated rings. The number of hydrogen-bond donors (Lipinski definition) is 2. The normalized spacial score (nSPS) is 20.7. The summed E-state index contributed by atoms with van der Waals surface area (Å²) in [4.78, 5) is 33.4. The minimum atomic E-state index is -0.186. The lowest BCUT2D eigenvalue weighted by Gasteiger charge is -2.47. The minimum Gasteiger partial charge on any atom is -0.356 e. The second-order valence-electron chi connectivity index (χ2n) is 6.08. The molecule has 3 rings (SSSR count).